The summed E-state index contributed by atoms with van der Waals surface area (Å²) in [7, 11) is 2.12. The monoisotopic (exact) mass is 180 g/mol. The fraction of sp³-hybridized carbons (Fsp3) is 0.700. The number of isocyanates is 1. The van der Waals surface area contributed by atoms with Gasteiger partial charge in [0.15, 0.2) is 0 Å². The van der Waals surface area contributed by atoms with Crippen LogP contribution in [-0.4, -0.2) is 31.1 Å². The van der Waals surface area contributed by atoms with Crippen LogP contribution in [0.1, 0.15) is 19.3 Å². The minimum Gasteiger partial charge on any atom is -0.306 e. The molecule has 0 aromatic rings. The zero-order valence-electron chi connectivity index (χ0n) is 8.12. The molecule has 1 aliphatic heterocycles. The SMILES string of the molecule is C=C(CC1CCCN(C)C1)N=C=O. The standard InChI is InChI=1S/C10H16N2O/c1-9(11-8-13)6-10-4-3-5-12(2)7-10/h10H,1,3-7H2,2H3. The Morgan fingerprint density at radius 3 is 3.15 bits per heavy atom. The molecular weight excluding hydrogens is 164 g/mol. The molecule has 1 saturated heterocycles. The van der Waals surface area contributed by atoms with E-state index < -0.39 is 0 Å². The first-order chi connectivity index (χ1) is 6.22. The van der Waals surface area contributed by atoms with E-state index in [1.165, 1.54) is 25.5 Å². The summed E-state index contributed by atoms with van der Waals surface area (Å²) in [5.74, 6) is 0.614. The summed E-state index contributed by atoms with van der Waals surface area (Å²) < 4.78 is 0. The highest BCUT2D eigenvalue weighted by Crippen LogP contribution is 2.21. The molecule has 0 saturated carbocycles. The summed E-state index contributed by atoms with van der Waals surface area (Å²) in [6.07, 6.45) is 4.82. The third kappa shape index (κ3) is 3.53. The molecule has 0 N–H and O–H groups in total. The Morgan fingerprint density at radius 1 is 1.77 bits per heavy atom. The van der Waals surface area contributed by atoms with Crippen LogP contribution < -0.4 is 0 Å². The second-order valence-electron chi connectivity index (χ2n) is 3.74. The Labute approximate surface area is 79.1 Å². The summed E-state index contributed by atoms with van der Waals surface area (Å²) in [5, 5.41) is 0. The van der Waals surface area contributed by atoms with E-state index in [0.717, 1.165) is 13.0 Å². The lowest BCUT2D eigenvalue weighted by atomic mass is 9.94. The van der Waals surface area contributed by atoms with Crippen molar-refractivity contribution in [2.75, 3.05) is 20.1 Å². The number of allylic oxidation sites excluding steroid dienone is 1. The van der Waals surface area contributed by atoms with Gasteiger partial charge in [-0.25, -0.2) is 4.79 Å². The smallest absolute Gasteiger partial charge is 0.240 e. The van der Waals surface area contributed by atoms with E-state index in [0.29, 0.717) is 11.6 Å². The highest BCUT2D eigenvalue weighted by atomic mass is 16.1. The van der Waals surface area contributed by atoms with Crippen LogP contribution in [0.3, 0.4) is 0 Å². The van der Waals surface area contributed by atoms with Crippen LogP contribution in [0.2, 0.25) is 0 Å². The molecule has 0 radical (unpaired) electrons. The Kier molecular flexibility index (Phi) is 3.87. The largest absolute Gasteiger partial charge is 0.306 e. The Bertz CT molecular complexity index is 231. The Morgan fingerprint density at radius 2 is 2.54 bits per heavy atom. The van der Waals surface area contributed by atoms with E-state index in [2.05, 4.69) is 23.5 Å². The molecule has 3 nitrogen and oxygen atoms in total. The maximum atomic E-state index is 9.96. The summed E-state index contributed by atoms with van der Waals surface area (Å²) in [5.41, 5.74) is 0.662. The summed E-state index contributed by atoms with van der Waals surface area (Å²) in [6, 6.07) is 0. The van der Waals surface area contributed by atoms with Crippen molar-refractivity contribution in [3.8, 4) is 0 Å². The molecule has 13 heavy (non-hydrogen) atoms. The van der Waals surface area contributed by atoms with Gasteiger partial charge in [0.1, 0.15) is 0 Å². The molecule has 3 heteroatoms. The molecule has 0 aromatic heterocycles. The van der Waals surface area contributed by atoms with E-state index in [-0.39, 0.29) is 0 Å². The predicted octanol–water partition coefficient (Wildman–Crippen LogP) is 1.57. The first-order valence-electron chi connectivity index (χ1n) is 4.66. The molecule has 1 aliphatic rings. The molecular formula is C10H16N2O. The van der Waals surface area contributed by atoms with E-state index in [9.17, 15) is 4.79 Å². The van der Waals surface area contributed by atoms with Gasteiger partial charge in [0, 0.05) is 12.2 Å². The topological polar surface area (TPSA) is 32.7 Å². The lowest BCUT2D eigenvalue weighted by molar-refractivity contribution is 0.209. The number of piperidine rings is 1. The van der Waals surface area contributed by atoms with Crippen LogP contribution in [0, 0.1) is 5.92 Å². The molecule has 1 fully saturated rings. The van der Waals surface area contributed by atoms with E-state index in [1.807, 2.05) is 0 Å². The van der Waals surface area contributed by atoms with Crippen molar-refractivity contribution in [2.24, 2.45) is 10.9 Å². The second kappa shape index (κ2) is 4.95. The molecule has 1 atom stereocenters. The molecule has 1 unspecified atom stereocenters. The number of rotatable bonds is 3. The number of hydrogen-bond donors (Lipinski definition) is 0. The van der Waals surface area contributed by atoms with Gasteiger partial charge in [-0.05, 0) is 38.8 Å². The predicted molar refractivity (Wildman–Crippen MR) is 52.1 cm³/mol. The molecule has 1 heterocycles. The lowest BCUT2D eigenvalue weighted by Crippen LogP contribution is -2.32. The molecule has 0 bridgehead atoms. The highest BCUT2D eigenvalue weighted by molar-refractivity contribution is 5.36. The highest BCUT2D eigenvalue weighted by Gasteiger charge is 2.17. The van der Waals surface area contributed by atoms with Crippen LogP contribution in [0.15, 0.2) is 17.3 Å². The maximum Gasteiger partial charge on any atom is 0.240 e. The van der Waals surface area contributed by atoms with Crippen LogP contribution in [0.25, 0.3) is 0 Å². The molecule has 1 rings (SSSR count). The van der Waals surface area contributed by atoms with Crippen molar-refractivity contribution in [2.45, 2.75) is 19.3 Å². The van der Waals surface area contributed by atoms with Gasteiger partial charge in [0.25, 0.3) is 0 Å². The average molecular weight is 180 g/mol. The minimum absolute atomic E-state index is 0.614. The zero-order chi connectivity index (χ0) is 9.68. The van der Waals surface area contributed by atoms with Crippen molar-refractivity contribution < 1.29 is 4.79 Å². The van der Waals surface area contributed by atoms with E-state index in [1.54, 1.807) is 0 Å². The minimum atomic E-state index is 0.614. The van der Waals surface area contributed by atoms with Crippen LogP contribution in [0.4, 0.5) is 0 Å². The van der Waals surface area contributed by atoms with Crippen molar-refractivity contribution >= 4 is 6.08 Å². The second-order valence-corrected chi connectivity index (χ2v) is 3.74. The van der Waals surface area contributed by atoms with Gasteiger partial charge in [-0.3, -0.25) is 0 Å². The average Bonchev–Trinajstić information content (AvgIpc) is 2.04. The van der Waals surface area contributed by atoms with Gasteiger partial charge in [-0.1, -0.05) is 6.58 Å². The molecule has 0 spiro atoms. The number of nitrogens with zero attached hydrogens (tertiary/aromatic N) is 2. The van der Waals surface area contributed by atoms with Gasteiger partial charge in [-0.2, -0.15) is 4.99 Å². The zero-order valence-corrected chi connectivity index (χ0v) is 8.12. The number of likely N-dealkylation sites (tertiary alicyclic amines) is 1. The van der Waals surface area contributed by atoms with Gasteiger partial charge in [0.2, 0.25) is 6.08 Å². The first kappa shape index (κ1) is 10.2. The summed E-state index contributed by atoms with van der Waals surface area (Å²) >= 11 is 0. The van der Waals surface area contributed by atoms with Gasteiger partial charge >= 0.3 is 0 Å². The molecule has 0 aromatic carbocycles. The number of hydrogen-bond acceptors (Lipinski definition) is 3. The van der Waals surface area contributed by atoms with Crippen molar-refractivity contribution in [3.63, 3.8) is 0 Å². The van der Waals surface area contributed by atoms with Gasteiger partial charge in [-0.15, -0.1) is 0 Å². The fourth-order valence-corrected chi connectivity index (χ4v) is 1.88. The van der Waals surface area contributed by atoms with Crippen molar-refractivity contribution in [1.29, 1.82) is 0 Å². The molecule has 0 aliphatic carbocycles. The van der Waals surface area contributed by atoms with Crippen molar-refractivity contribution in [1.82, 2.24) is 4.90 Å². The summed E-state index contributed by atoms with van der Waals surface area (Å²) in [6.45, 7) is 5.99. The van der Waals surface area contributed by atoms with Gasteiger partial charge in [0.05, 0.1) is 0 Å². The van der Waals surface area contributed by atoms with E-state index in [4.69, 9.17) is 0 Å². The quantitative estimate of drug-likeness (QED) is 0.488. The van der Waals surface area contributed by atoms with E-state index >= 15 is 0 Å². The summed E-state index contributed by atoms with van der Waals surface area (Å²) in [4.78, 5) is 15.8. The lowest BCUT2D eigenvalue weighted by Gasteiger charge is -2.29. The Hall–Kier alpha value is -0.920. The third-order valence-corrected chi connectivity index (χ3v) is 2.45. The van der Waals surface area contributed by atoms with Crippen LogP contribution >= 0.6 is 0 Å². The van der Waals surface area contributed by atoms with Crippen molar-refractivity contribution in [3.05, 3.63) is 12.3 Å². The third-order valence-electron chi connectivity index (χ3n) is 2.45. The maximum absolute atomic E-state index is 9.96. The number of aliphatic imine (C=N–C) groups is 1. The Balaban J connectivity index is 2.35. The first-order valence-corrected chi connectivity index (χ1v) is 4.66. The molecule has 72 valence electrons. The molecule has 0 amide bonds. The number of carbonyl (C=O) groups excluding carboxylic acids is 1. The fourth-order valence-electron chi connectivity index (χ4n) is 1.88. The van der Waals surface area contributed by atoms with Crippen LogP contribution in [0.5, 0.6) is 0 Å². The van der Waals surface area contributed by atoms with Gasteiger partial charge < -0.3 is 4.90 Å². The normalized spacial score (nSPS) is 23.6. The van der Waals surface area contributed by atoms with Crippen LogP contribution in [-0.2, 0) is 4.79 Å².